The van der Waals surface area contributed by atoms with E-state index in [1.807, 2.05) is 37.3 Å². The maximum Gasteiger partial charge on any atom is 0.269 e. The maximum absolute atomic E-state index is 12.5. The third-order valence-corrected chi connectivity index (χ3v) is 4.47. The number of aromatic nitrogens is 2. The number of hydrogen-bond donors (Lipinski definition) is 2. The van der Waals surface area contributed by atoms with Gasteiger partial charge in [-0.05, 0) is 42.8 Å². The molecule has 1 heterocycles. The van der Waals surface area contributed by atoms with Gasteiger partial charge in [0.15, 0.2) is 11.5 Å². The number of methoxy groups -OCH3 is 2. The molecule has 27 heavy (non-hydrogen) atoms. The minimum absolute atomic E-state index is 0.223. The first kappa shape index (κ1) is 18.8. The Hall–Kier alpha value is -2.99. The Kier molecular flexibility index (Phi) is 5.66. The van der Waals surface area contributed by atoms with E-state index < -0.39 is 0 Å². The molecular formula is C20H20ClN3O3. The predicted molar refractivity (Wildman–Crippen MR) is 104 cm³/mol. The Bertz CT molecular complexity index is 938. The number of H-pyrrole nitrogens is 1. The van der Waals surface area contributed by atoms with Crippen LogP contribution in [0.25, 0.3) is 11.3 Å². The molecule has 3 aromatic rings. The smallest absolute Gasteiger partial charge is 0.269 e. The monoisotopic (exact) mass is 385 g/mol. The fourth-order valence-corrected chi connectivity index (χ4v) is 2.81. The molecule has 2 aromatic carbocycles. The topological polar surface area (TPSA) is 76.2 Å². The Morgan fingerprint density at radius 1 is 1.07 bits per heavy atom. The Morgan fingerprint density at radius 3 is 2.44 bits per heavy atom. The zero-order valence-electron chi connectivity index (χ0n) is 15.2. The highest BCUT2D eigenvalue weighted by Crippen LogP contribution is 2.30. The van der Waals surface area contributed by atoms with Crippen molar-refractivity contribution in [3.63, 3.8) is 0 Å². The molecule has 1 atom stereocenters. The third-order valence-electron chi connectivity index (χ3n) is 4.22. The van der Waals surface area contributed by atoms with Crippen molar-refractivity contribution in [1.29, 1.82) is 0 Å². The molecule has 0 aliphatic heterocycles. The first-order chi connectivity index (χ1) is 13.0. The summed E-state index contributed by atoms with van der Waals surface area (Å²) < 4.78 is 10.6. The van der Waals surface area contributed by atoms with Crippen molar-refractivity contribution in [3.05, 3.63) is 64.8 Å². The summed E-state index contributed by atoms with van der Waals surface area (Å²) >= 11 is 5.90. The molecule has 1 aromatic heterocycles. The van der Waals surface area contributed by atoms with E-state index in [1.165, 1.54) is 0 Å². The summed E-state index contributed by atoms with van der Waals surface area (Å²) in [7, 11) is 3.16. The van der Waals surface area contributed by atoms with E-state index in [9.17, 15) is 4.79 Å². The average Bonchev–Trinajstić information content (AvgIpc) is 3.18. The molecule has 3 rings (SSSR count). The van der Waals surface area contributed by atoms with Gasteiger partial charge in [-0.2, -0.15) is 5.10 Å². The fraction of sp³-hybridized carbons (Fsp3) is 0.200. The standard InChI is InChI=1S/C20H20ClN3O3/c1-12(14-6-9-18(26-2)19(10-14)27-3)22-20(25)17-11-16(23-24-17)13-4-7-15(21)8-5-13/h4-12H,1-3H3,(H,22,25)(H,23,24). The van der Waals surface area contributed by atoms with Gasteiger partial charge in [0.25, 0.3) is 5.91 Å². The van der Waals surface area contributed by atoms with Crippen LogP contribution in [0.5, 0.6) is 11.5 Å². The van der Waals surface area contributed by atoms with Crippen molar-refractivity contribution in [2.45, 2.75) is 13.0 Å². The van der Waals surface area contributed by atoms with Gasteiger partial charge in [-0.25, -0.2) is 0 Å². The molecule has 0 bridgehead atoms. The largest absolute Gasteiger partial charge is 0.493 e. The van der Waals surface area contributed by atoms with Gasteiger partial charge in [0, 0.05) is 10.6 Å². The van der Waals surface area contributed by atoms with Gasteiger partial charge < -0.3 is 14.8 Å². The maximum atomic E-state index is 12.5. The molecule has 6 nitrogen and oxygen atoms in total. The fourth-order valence-electron chi connectivity index (χ4n) is 2.69. The van der Waals surface area contributed by atoms with Crippen molar-refractivity contribution in [3.8, 4) is 22.8 Å². The van der Waals surface area contributed by atoms with E-state index in [0.29, 0.717) is 27.9 Å². The van der Waals surface area contributed by atoms with E-state index in [1.54, 1.807) is 32.4 Å². The van der Waals surface area contributed by atoms with Crippen molar-refractivity contribution >= 4 is 17.5 Å². The van der Waals surface area contributed by atoms with E-state index in [-0.39, 0.29) is 11.9 Å². The van der Waals surface area contributed by atoms with Crippen LogP contribution in [0, 0.1) is 0 Å². The van der Waals surface area contributed by atoms with Crippen LogP contribution in [0.15, 0.2) is 48.5 Å². The van der Waals surface area contributed by atoms with Crippen LogP contribution in [0.2, 0.25) is 5.02 Å². The van der Waals surface area contributed by atoms with Gasteiger partial charge in [0.2, 0.25) is 0 Å². The number of halogens is 1. The van der Waals surface area contributed by atoms with Crippen LogP contribution in [-0.2, 0) is 0 Å². The predicted octanol–water partition coefficient (Wildman–Crippen LogP) is 4.24. The second-order valence-electron chi connectivity index (χ2n) is 5.98. The van der Waals surface area contributed by atoms with Crippen LogP contribution >= 0.6 is 11.6 Å². The summed E-state index contributed by atoms with van der Waals surface area (Å²) in [5.74, 6) is 1.01. The molecule has 2 N–H and O–H groups in total. The summed E-state index contributed by atoms with van der Waals surface area (Å²) in [4.78, 5) is 12.5. The molecular weight excluding hydrogens is 366 g/mol. The van der Waals surface area contributed by atoms with Gasteiger partial charge in [-0.3, -0.25) is 9.89 Å². The molecule has 140 valence electrons. The molecule has 1 unspecified atom stereocenters. The lowest BCUT2D eigenvalue weighted by Gasteiger charge is -2.16. The average molecular weight is 386 g/mol. The molecule has 7 heteroatoms. The number of amides is 1. The second-order valence-corrected chi connectivity index (χ2v) is 6.42. The number of nitrogens with zero attached hydrogens (tertiary/aromatic N) is 1. The highest BCUT2D eigenvalue weighted by Gasteiger charge is 2.16. The number of carbonyl (C=O) groups is 1. The molecule has 0 aliphatic carbocycles. The van der Waals surface area contributed by atoms with Crippen molar-refractivity contribution < 1.29 is 14.3 Å². The quantitative estimate of drug-likeness (QED) is 0.665. The number of rotatable bonds is 6. The summed E-state index contributed by atoms with van der Waals surface area (Å²) in [6.07, 6.45) is 0. The first-order valence-corrected chi connectivity index (χ1v) is 8.73. The van der Waals surface area contributed by atoms with Gasteiger partial charge in [-0.1, -0.05) is 29.8 Å². The number of aromatic amines is 1. The number of carbonyl (C=O) groups excluding carboxylic acids is 1. The number of nitrogens with one attached hydrogen (secondary N) is 2. The minimum atomic E-state index is -0.245. The zero-order valence-corrected chi connectivity index (χ0v) is 16.0. The normalized spacial score (nSPS) is 11.7. The first-order valence-electron chi connectivity index (χ1n) is 8.36. The second kappa shape index (κ2) is 8.14. The van der Waals surface area contributed by atoms with Crippen LogP contribution in [-0.4, -0.2) is 30.3 Å². The van der Waals surface area contributed by atoms with Crippen molar-refractivity contribution in [2.75, 3.05) is 14.2 Å². The summed E-state index contributed by atoms with van der Waals surface area (Å²) in [5, 5.41) is 10.6. The minimum Gasteiger partial charge on any atom is -0.493 e. The van der Waals surface area contributed by atoms with Crippen molar-refractivity contribution in [1.82, 2.24) is 15.5 Å². The van der Waals surface area contributed by atoms with Crippen LogP contribution in [0.4, 0.5) is 0 Å². The summed E-state index contributed by atoms with van der Waals surface area (Å²) in [6.45, 7) is 1.90. The van der Waals surface area contributed by atoms with Crippen LogP contribution in [0.3, 0.4) is 0 Å². The molecule has 0 fully saturated rings. The highest BCUT2D eigenvalue weighted by atomic mass is 35.5. The van der Waals surface area contributed by atoms with Gasteiger partial charge in [0.1, 0.15) is 5.69 Å². The lowest BCUT2D eigenvalue weighted by Crippen LogP contribution is -2.27. The Balaban J connectivity index is 1.73. The molecule has 0 spiro atoms. The lowest BCUT2D eigenvalue weighted by molar-refractivity contribution is 0.0934. The Labute approximate surface area is 162 Å². The zero-order chi connectivity index (χ0) is 19.4. The molecule has 1 amide bonds. The molecule has 0 radical (unpaired) electrons. The van der Waals surface area contributed by atoms with Gasteiger partial charge in [-0.15, -0.1) is 0 Å². The molecule has 0 aliphatic rings. The molecule has 0 saturated carbocycles. The number of ether oxygens (including phenoxy) is 2. The molecule has 0 saturated heterocycles. The summed E-state index contributed by atoms with van der Waals surface area (Å²) in [5.41, 5.74) is 2.84. The lowest BCUT2D eigenvalue weighted by atomic mass is 10.1. The van der Waals surface area contributed by atoms with E-state index in [0.717, 1.165) is 11.1 Å². The summed E-state index contributed by atoms with van der Waals surface area (Å²) in [6, 6.07) is 14.3. The SMILES string of the molecule is COc1ccc(C(C)NC(=O)c2cc(-c3ccc(Cl)cc3)n[nH]2)cc1OC. The van der Waals surface area contributed by atoms with E-state index >= 15 is 0 Å². The number of hydrogen-bond acceptors (Lipinski definition) is 4. The van der Waals surface area contributed by atoms with E-state index in [2.05, 4.69) is 15.5 Å². The van der Waals surface area contributed by atoms with Crippen molar-refractivity contribution in [2.24, 2.45) is 0 Å². The van der Waals surface area contributed by atoms with E-state index in [4.69, 9.17) is 21.1 Å². The highest BCUT2D eigenvalue weighted by molar-refractivity contribution is 6.30. The van der Waals surface area contributed by atoms with Gasteiger partial charge >= 0.3 is 0 Å². The van der Waals surface area contributed by atoms with Gasteiger partial charge in [0.05, 0.1) is 26.0 Å². The third kappa shape index (κ3) is 4.23. The van der Waals surface area contributed by atoms with Crippen LogP contribution < -0.4 is 14.8 Å². The number of benzene rings is 2. The Morgan fingerprint density at radius 2 is 1.78 bits per heavy atom. The van der Waals surface area contributed by atoms with Crippen LogP contribution in [0.1, 0.15) is 29.0 Å².